The molecule has 1 amide bonds. The monoisotopic (exact) mass is 439 g/mol. The van der Waals surface area contributed by atoms with Gasteiger partial charge in [0.2, 0.25) is 10.0 Å². The Bertz CT molecular complexity index is 998. The van der Waals surface area contributed by atoms with Crippen molar-refractivity contribution >= 4 is 15.9 Å². The number of ether oxygens (including phenoxy) is 4. The van der Waals surface area contributed by atoms with Crippen LogP contribution in [0.25, 0.3) is 0 Å². The van der Waals surface area contributed by atoms with Crippen LogP contribution in [-0.2, 0) is 21.3 Å². The van der Waals surface area contributed by atoms with E-state index in [1.54, 1.807) is 12.1 Å². The van der Waals surface area contributed by atoms with Crippen molar-refractivity contribution in [2.45, 2.75) is 11.4 Å². The van der Waals surface area contributed by atoms with Crippen molar-refractivity contribution in [3.63, 3.8) is 0 Å². The summed E-state index contributed by atoms with van der Waals surface area (Å²) in [6.07, 6.45) is 1.32. The van der Waals surface area contributed by atoms with Crippen LogP contribution in [0.5, 0.6) is 17.2 Å². The summed E-state index contributed by atoms with van der Waals surface area (Å²) in [6.45, 7) is 1.42. The molecule has 0 atom stereocenters. The molecule has 1 aliphatic heterocycles. The van der Waals surface area contributed by atoms with Crippen LogP contribution in [0.15, 0.2) is 29.3 Å². The van der Waals surface area contributed by atoms with Crippen molar-refractivity contribution < 1.29 is 32.2 Å². The summed E-state index contributed by atoms with van der Waals surface area (Å²) in [7, 11) is 0.873. The van der Waals surface area contributed by atoms with Crippen LogP contribution in [0.2, 0.25) is 0 Å². The van der Waals surface area contributed by atoms with E-state index < -0.39 is 15.9 Å². The molecule has 0 radical (unpaired) electrons. The summed E-state index contributed by atoms with van der Waals surface area (Å²) in [4.78, 5) is 15.3. The van der Waals surface area contributed by atoms with Crippen molar-refractivity contribution in [2.75, 3.05) is 47.6 Å². The number of nitrogens with zero attached hydrogens (tertiary/aromatic N) is 1. The first-order valence-corrected chi connectivity index (χ1v) is 10.7. The molecule has 11 heteroatoms. The fraction of sp³-hybridized carbons (Fsp3) is 0.421. The second kappa shape index (κ2) is 9.37. The van der Waals surface area contributed by atoms with Crippen molar-refractivity contribution in [3.8, 4) is 17.2 Å². The quantitative estimate of drug-likeness (QED) is 0.630. The molecule has 1 aromatic heterocycles. The number of aromatic nitrogens is 1. The van der Waals surface area contributed by atoms with Crippen LogP contribution in [0.1, 0.15) is 16.1 Å². The first-order valence-electron chi connectivity index (χ1n) is 9.24. The Hall–Kier alpha value is -2.76. The van der Waals surface area contributed by atoms with Crippen molar-refractivity contribution in [1.82, 2.24) is 14.6 Å². The van der Waals surface area contributed by atoms with Gasteiger partial charge in [-0.25, -0.2) is 8.42 Å². The van der Waals surface area contributed by atoms with E-state index in [0.717, 1.165) is 0 Å². The van der Waals surface area contributed by atoms with Crippen LogP contribution >= 0.6 is 0 Å². The lowest BCUT2D eigenvalue weighted by Gasteiger charge is -2.25. The summed E-state index contributed by atoms with van der Waals surface area (Å²) >= 11 is 0. The van der Waals surface area contributed by atoms with Crippen LogP contribution in [0.3, 0.4) is 0 Å². The van der Waals surface area contributed by atoms with Gasteiger partial charge in [0.1, 0.15) is 16.3 Å². The summed E-state index contributed by atoms with van der Waals surface area (Å²) < 4.78 is 47.8. The number of methoxy groups -OCH3 is 3. The van der Waals surface area contributed by atoms with Gasteiger partial charge in [-0.3, -0.25) is 4.79 Å². The third-order valence-electron chi connectivity index (χ3n) is 4.73. The number of carbonyl (C=O) groups excluding carboxylic acids is 1. The van der Waals surface area contributed by atoms with Gasteiger partial charge in [0.05, 0.1) is 34.5 Å². The average molecular weight is 439 g/mol. The van der Waals surface area contributed by atoms with Crippen LogP contribution < -0.4 is 19.5 Å². The predicted octanol–water partition coefficient (Wildman–Crippen LogP) is 0.991. The summed E-state index contributed by atoms with van der Waals surface area (Å²) in [5.74, 6) is 1.08. The molecular weight excluding hydrogens is 414 g/mol. The number of nitrogens with one attached hydrogen (secondary N) is 2. The number of aromatic amines is 1. The number of carbonyl (C=O) groups is 1. The Morgan fingerprint density at radius 2 is 1.70 bits per heavy atom. The number of hydrogen-bond acceptors (Lipinski definition) is 7. The number of amides is 1. The van der Waals surface area contributed by atoms with Gasteiger partial charge in [-0.05, 0) is 12.1 Å². The largest absolute Gasteiger partial charge is 0.496 e. The molecule has 3 rings (SSSR count). The Morgan fingerprint density at radius 3 is 2.33 bits per heavy atom. The van der Waals surface area contributed by atoms with E-state index in [1.807, 2.05) is 0 Å². The topological polar surface area (TPSA) is 119 Å². The molecule has 0 bridgehead atoms. The van der Waals surface area contributed by atoms with Gasteiger partial charge < -0.3 is 29.2 Å². The molecule has 1 fully saturated rings. The minimum Gasteiger partial charge on any atom is -0.496 e. The zero-order chi connectivity index (χ0) is 21.7. The molecule has 30 heavy (non-hydrogen) atoms. The van der Waals surface area contributed by atoms with E-state index in [0.29, 0.717) is 36.0 Å². The number of morpholine rings is 1. The van der Waals surface area contributed by atoms with Crippen molar-refractivity contribution in [2.24, 2.45) is 0 Å². The lowest BCUT2D eigenvalue weighted by Crippen LogP contribution is -2.40. The van der Waals surface area contributed by atoms with Gasteiger partial charge in [0.25, 0.3) is 5.91 Å². The molecule has 0 spiro atoms. The number of hydrogen-bond donors (Lipinski definition) is 2. The third kappa shape index (κ3) is 4.53. The zero-order valence-electron chi connectivity index (χ0n) is 17.1. The number of benzene rings is 1. The molecule has 2 N–H and O–H groups in total. The molecule has 0 aliphatic carbocycles. The van der Waals surface area contributed by atoms with Crippen LogP contribution in [0.4, 0.5) is 0 Å². The molecule has 0 saturated carbocycles. The summed E-state index contributed by atoms with van der Waals surface area (Å²) in [5.41, 5.74) is 0.817. The molecule has 1 saturated heterocycles. The number of rotatable bonds is 8. The summed E-state index contributed by atoms with van der Waals surface area (Å²) in [6, 6.07) is 4.70. The number of H-pyrrole nitrogens is 1. The van der Waals surface area contributed by atoms with Crippen LogP contribution in [-0.4, -0.2) is 71.2 Å². The maximum absolute atomic E-state index is 12.7. The van der Waals surface area contributed by atoms with Gasteiger partial charge in [0, 0.05) is 37.5 Å². The van der Waals surface area contributed by atoms with Gasteiger partial charge in [-0.15, -0.1) is 0 Å². The first kappa shape index (κ1) is 21.9. The Kier molecular flexibility index (Phi) is 6.85. The van der Waals surface area contributed by atoms with E-state index in [9.17, 15) is 13.2 Å². The normalized spacial score (nSPS) is 14.9. The lowest BCUT2D eigenvalue weighted by atomic mass is 10.1. The van der Waals surface area contributed by atoms with Gasteiger partial charge in [0.15, 0.2) is 11.5 Å². The third-order valence-corrected chi connectivity index (χ3v) is 6.61. The maximum atomic E-state index is 12.7. The van der Waals surface area contributed by atoms with E-state index in [-0.39, 0.29) is 30.2 Å². The highest BCUT2D eigenvalue weighted by molar-refractivity contribution is 7.89. The summed E-state index contributed by atoms with van der Waals surface area (Å²) in [5, 5.41) is 2.75. The standard InChI is InChI=1S/C19H25N3O7S/c1-26-16-10-18(28-3)17(27-2)8-13(16)11-21-19(23)15-9-14(12-20-15)30(24,25)22-4-6-29-7-5-22/h8-10,12,20H,4-7,11H2,1-3H3,(H,21,23). The van der Waals surface area contributed by atoms with Gasteiger partial charge in [-0.1, -0.05) is 0 Å². The predicted molar refractivity (Wildman–Crippen MR) is 108 cm³/mol. The minimum absolute atomic E-state index is 0.0400. The van der Waals surface area contributed by atoms with E-state index in [2.05, 4.69) is 10.3 Å². The first-order chi connectivity index (χ1) is 14.4. The Balaban J connectivity index is 1.72. The lowest BCUT2D eigenvalue weighted by molar-refractivity contribution is 0.0730. The molecule has 2 aromatic rings. The Morgan fingerprint density at radius 1 is 1.07 bits per heavy atom. The second-order valence-electron chi connectivity index (χ2n) is 6.47. The zero-order valence-corrected chi connectivity index (χ0v) is 17.9. The van der Waals surface area contributed by atoms with E-state index in [1.165, 1.54) is 37.9 Å². The number of sulfonamides is 1. The molecule has 164 valence electrons. The highest BCUT2D eigenvalue weighted by atomic mass is 32.2. The fourth-order valence-electron chi connectivity index (χ4n) is 3.09. The fourth-order valence-corrected chi connectivity index (χ4v) is 4.49. The smallest absolute Gasteiger partial charge is 0.268 e. The van der Waals surface area contributed by atoms with E-state index >= 15 is 0 Å². The molecule has 1 aliphatic rings. The van der Waals surface area contributed by atoms with Crippen LogP contribution in [0, 0.1) is 0 Å². The van der Waals surface area contributed by atoms with Crippen molar-refractivity contribution in [1.29, 1.82) is 0 Å². The van der Waals surface area contributed by atoms with Crippen molar-refractivity contribution in [3.05, 3.63) is 35.7 Å². The molecule has 2 heterocycles. The molecule has 1 aromatic carbocycles. The van der Waals surface area contributed by atoms with Gasteiger partial charge >= 0.3 is 0 Å². The Labute approximate surface area is 175 Å². The van der Waals surface area contributed by atoms with Gasteiger partial charge in [-0.2, -0.15) is 4.31 Å². The maximum Gasteiger partial charge on any atom is 0.268 e. The highest BCUT2D eigenvalue weighted by Gasteiger charge is 2.28. The average Bonchev–Trinajstić information content (AvgIpc) is 3.28. The van der Waals surface area contributed by atoms with E-state index in [4.69, 9.17) is 18.9 Å². The highest BCUT2D eigenvalue weighted by Crippen LogP contribution is 2.34. The second-order valence-corrected chi connectivity index (χ2v) is 8.41. The SMILES string of the molecule is COc1cc(OC)c(OC)cc1CNC(=O)c1cc(S(=O)(=O)N2CCOCC2)c[nH]1. The molecular formula is C19H25N3O7S. The molecule has 10 nitrogen and oxygen atoms in total. The molecule has 0 unspecified atom stereocenters. The minimum atomic E-state index is -3.68.